The van der Waals surface area contributed by atoms with E-state index >= 15 is 0 Å². The number of rotatable bonds is 8. The molecule has 15 nitrogen and oxygen atoms in total. The number of nitrogens with zero attached hydrogens (tertiary/aromatic N) is 3. The third-order valence-corrected chi connectivity index (χ3v) is 8.73. The molecule has 0 unspecified atom stereocenters. The van der Waals surface area contributed by atoms with Crippen LogP contribution in [0.4, 0.5) is 40.3 Å². The minimum absolute atomic E-state index is 0.0296. The number of hydrogen-bond donors (Lipinski definition) is 6. The van der Waals surface area contributed by atoms with Gasteiger partial charge < -0.3 is 21.7 Å². The van der Waals surface area contributed by atoms with Crippen molar-refractivity contribution in [2.75, 3.05) is 21.7 Å². The molecule has 0 atom stereocenters. The molecule has 0 bridgehead atoms. The first-order valence-electron chi connectivity index (χ1n) is 13.1. The maximum atomic E-state index is 14.0. The van der Waals surface area contributed by atoms with E-state index in [9.17, 15) is 35.5 Å². The zero-order valence-electron chi connectivity index (χ0n) is 23.2. The molecule has 0 radical (unpaired) electrons. The van der Waals surface area contributed by atoms with Gasteiger partial charge >= 0.3 is 0 Å². The molecule has 0 spiro atoms. The number of hydrogen-bond acceptors (Lipinski definition) is 13. The second kappa shape index (κ2) is 11.3. The number of carbonyl (C=O) groups excluding carboxylic acids is 2. The van der Waals surface area contributed by atoms with Crippen LogP contribution in [-0.4, -0.2) is 52.5 Å². The van der Waals surface area contributed by atoms with Crippen LogP contribution in [0, 0.1) is 0 Å². The Balaban J connectivity index is 1.64. The Morgan fingerprint density at radius 1 is 0.630 bits per heavy atom. The molecule has 1 aromatic heterocycles. The highest BCUT2D eigenvalue weighted by atomic mass is 32.2. The fourth-order valence-corrected chi connectivity index (χ4v) is 6.42. The average molecular weight is 660 g/mol. The van der Waals surface area contributed by atoms with E-state index in [-0.39, 0.29) is 28.7 Å². The molecular formula is C29H21N7O8S2. The van der Waals surface area contributed by atoms with Crippen LogP contribution in [0.25, 0.3) is 0 Å². The summed E-state index contributed by atoms with van der Waals surface area (Å²) < 4.78 is 70.5. The Morgan fingerprint density at radius 2 is 1.20 bits per heavy atom. The van der Waals surface area contributed by atoms with Crippen molar-refractivity contribution in [3.05, 3.63) is 107 Å². The normalized spacial score (nSPS) is 12.7. The Labute approximate surface area is 261 Å². The molecule has 1 aliphatic carbocycles. The summed E-state index contributed by atoms with van der Waals surface area (Å²) in [6, 6.07) is 19.5. The molecular weight excluding hydrogens is 638 g/mol. The standard InChI is InChI=1S/C29H21N7O8S2/c30-22-20-21(26(38)17-11-5-4-10-16(17)25(20)37)23(35-29-32-14-31-28(36-29)33-15-8-2-1-3-9-15)24(27(22)46(42,43)44)34-18-12-6-7-13-19(18)45(39,40)41/h1-14,34H,30H2,(H,39,40,41)(H,42,43,44)(H2,31,32,33,35,36). The van der Waals surface area contributed by atoms with Gasteiger partial charge in [0.15, 0.2) is 11.6 Å². The summed E-state index contributed by atoms with van der Waals surface area (Å²) in [5, 5.41) is 8.28. The van der Waals surface area contributed by atoms with E-state index in [1.54, 1.807) is 30.3 Å². The average Bonchev–Trinajstić information content (AvgIpc) is 3.01. The Kier molecular flexibility index (Phi) is 7.45. The first-order valence-corrected chi connectivity index (χ1v) is 16.0. The summed E-state index contributed by atoms with van der Waals surface area (Å²) in [6.45, 7) is 0. The molecule has 4 aromatic carbocycles. The lowest BCUT2D eigenvalue weighted by Gasteiger charge is -2.27. The Morgan fingerprint density at radius 3 is 1.83 bits per heavy atom. The van der Waals surface area contributed by atoms with Crippen molar-refractivity contribution in [2.45, 2.75) is 9.79 Å². The van der Waals surface area contributed by atoms with Gasteiger partial charge in [-0.15, -0.1) is 0 Å². The Hall–Kier alpha value is -5.75. The smallest absolute Gasteiger partial charge is 0.298 e. The summed E-state index contributed by atoms with van der Waals surface area (Å²) in [5.74, 6) is -1.80. The number of carbonyl (C=O) groups is 2. The highest BCUT2D eigenvalue weighted by Crippen LogP contribution is 2.47. The number of nitrogens with two attached hydrogens (primary N) is 1. The van der Waals surface area contributed by atoms with E-state index < -0.39 is 69.8 Å². The molecule has 17 heteroatoms. The summed E-state index contributed by atoms with van der Waals surface area (Å²) in [7, 11) is -10.2. The predicted octanol–water partition coefficient (Wildman–Crippen LogP) is 3.95. The van der Waals surface area contributed by atoms with Crippen LogP contribution in [0.2, 0.25) is 0 Å². The van der Waals surface area contributed by atoms with E-state index in [0.29, 0.717) is 5.69 Å². The fourth-order valence-electron chi connectivity index (χ4n) is 4.98. The van der Waals surface area contributed by atoms with Gasteiger partial charge in [-0.1, -0.05) is 54.6 Å². The highest BCUT2D eigenvalue weighted by molar-refractivity contribution is 7.86. The number of para-hydroxylation sites is 2. The predicted molar refractivity (Wildman–Crippen MR) is 166 cm³/mol. The molecule has 7 N–H and O–H groups in total. The maximum absolute atomic E-state index is 14.0. The molecule has 46 heavy (non-hydrogen) atoms. The van der Waals surface area contributed by atoms with Crippen LogP contribution in [0.1, 0.15) is 31.8 Å². The summed E-state index contributed by atoms with van der Waals surface area (Å²) in [6.07, 6.45) is 1.11. The minimum Gasteiger partial charge on any atom is -0.397 e. The van der Waals surface area contributed by atoms with Crippen LogP contribution in [0.15, 0.2) is 95.0 Å². The van der Waals surface area contributed by atoms with Crippen LogP contribution in [0.5, 0.6) is 0 Å². The van der Waals surface area contributed by atoms with Gasteiger partial charge in [0.25, 0.3) is 20.2 Å². The molecule has 5 aromatic rings. The third kappa shape index (κ3) is 5.50. The van der Waals surface area contributed by atoms with Gasteiger partial charge in [-0.25, -0.2) is 9.97 Å². The molecule has 0 saturated carbocycles. The number of anilines is 7. The lowest BCUT2D eigenvalue weighted by molar-refractivity contribution is 0.0980. The van der Waals surface area contributed by atoms with Gasteiger partial charge in [0.05, 0.1) is 33.9 Å². The Bertz CT molecular complexity index is 2300. The zero-order valence-corrected chi connectivity index (χ0v) is 24.8. The van der Waals surface area contributed by atoms with E-state index in [1.807, 2.05) is 0 Å². The van der Waals surface area contributed by atoms with Gasteiger partial charge in [-0.3, -0.25) is 18.7 Å². The van der Waals surface area contributed by atoms with Crippen LogP contribution >= 0.6 is 0 Å². The molecule has 1 heterocycles. The fraction of sp³-hybridized carbons (Fsp3) is 0. The van der Waals surface area contributed by atoms with Gasteiger partial charge in [0.1, 0.15) is 16.1 Å². The minimum atomic E-state index is -5.32. The lowest BCUT2D eigenvalue weighted by Crippen LogP contribution is -2.26. The number of nitrogen functional groups attached to an aromatic ring is 1. The summed E-state index contributed by atoms with van der Waals surface area (Å²) >= 11 is 0. The number of fused-ring (bicyclic) bond motifs is 2. The van der Waals surface area contributed by atoms with E-state index in [2.05, 4.69) is 30.9 Å². The van der Waals surface area contributed by atoms with Gasteiger partial charge in [-0.05, 0) is 24.3 Å². The number of aromatic nitrogens is 3. The molecule has 232 valence electrons. The number of nitrogens with one attached hydrogen (secondary N) is 3. The molecule has 1 aliphatic rings. The summed E-state index contributed by atoms with van der Waals surface area (Å²) in [4.78, 5) is 38.4. The zero-order chi connectivity index (χ0) is 32.8. The van der Waals surface area contributed by atoms with Crippen molar-refractivity contribution < 1.29 is 35.5 Å². The van der Waals surface area contributed by atoms with Crippen LogP contribution < -0.4 is 21.7 Å². The maximum Gasteiger partial charge on any atom is 0.298 e. The number of ketones is 2. The van der Waals surface area contributed by atoms with Crippen molar-refractivity contribution in [2.24, 2.45) is 0 Å². The van der Waals surface area contributed by atoms with Gasteiger partial charge in [-0.2, -0.15) is 21.8 Å². The van der Waals surface area contributed by atoms with E-state index in [1.165, 1.54) is 42.5 Å². The summed E-state index contributed by atoms with van der Waals surface area (Å²) in [5.41, 5.74) is 3.56. The second-order valence-corrected chi connectivity index (χ2v) is 12.5. The van der Waals surface area contributed by atoms with Crippen LogP contribution in [-0.2, 0) is 20.2 Å². The topological polar surface area (TPSA) is 244 Å². The molecule has 0 fully saturated rings. The first kappa shape index (κ1) is 30.3. The third-order valence-electron chi connectivity index (χ3n) is 6.88. The van der Waals surface area contributed by atoms with Crippen molar-refractivity contribution in [1.29, 1.82) is 0 Å². The van der Waals surface area contributed by atoms with Crippen molar-refractivity contribution in [3.8, 4) is 0 Å². The van der Waals surface area contributed by atoms with Crippen molar-refractivity contribution in [1.82, 2.24) is 15.0 Å². The van der Waals surface area contributed by atoms with E-state index in [0.717, 1.165) is 12.4 Å². The van der Waals surface area contributed by atoms with Crippen molar-refractivity contribution >= 4 is 72.1 Å². The second-order valence-electron chi connectivity index (χ2n) is 9.77. The van der Waals surface area contributed by atoms with Gasteiger partial charge in [0, 0.05) is 16.8 Å². The highest BCUT2D eigenvalue weighted by Gasteiger charge is 2.40. The van der Waals surface area contributed by atoms with E-state index in [4.69, 9.17) is 5.73 Å². The lowest BCUT2D eigenvalue weighted by atomic mass is 9.81. The SMILES string of the molecule is Nc1c2c(c(Nc3ncnc(Nc4ccccc4)n3)c(Nc3ccccc3S(=O)(=O)O)c1S(=O)(=O)O)C(=O)c1ccccc1C2=O. The molecule has 6 rings (SSSR count). The quantitative estimate of drug-likeness (QED) is 0.100. The monoisotopic (exact) mass is 659 g/mol. The van der Waals surface area contributed by atoms with Gasteiger partial charge in [0.2, 0.25) is 11.9 Å². The molecule has 0 aliphatic heterocycles. The first-order chi connectivity index (χ1) is 21.8. The number of benzene rings is 4. The molecule has 0 amide bonds. The largest absolute Gasteiger partial charge is 0.397 e. The van der Waals surface area contributed by atoms with Crippen LogP contribution in [0.3, 0.4) is 0 Å². The van der Waals surface area contributed by atoms with Crippen molar-refractivity contribution in [3.63, 3.8) is 0 Å². The molecule has 0 saturated heterocycles.